The van der Waals surface area contributed by atoms with Crippen molar-refractivity contribution in [1.82, 2.24) is 10.6 Å². The maximum Gasteiger partial charge on any atom is 0.322 e. The van der Waals surface area contributed by atoms with Crippen LogP contribution in [0, 0.1) is 0 Å². The van der Waals surface area contributed by atoms with E-state index in [0.29, 0.717) is 15.6 Å². The topological polar surface area (TPSA) is 84.5 Å². The predicted molar refractivity (Wildman–Crippen MR) is 80.7 cm³/mol. The average molecular weight is 345 g/mol. The number of ether oxygens (including phenoxy) is 1. The Labute approximate surface area is 137 Å². The number of esters is 1. The number of hydrogen-bond donors (Lipinski definition) is 2. The van der Waals surface area contributed by atoms with Crippen molar-refractivity contribution in [1.29, 1.82) is 0 Å². The Kier molecular flexibility index (Phi) is 5.26. The van der Waals surface area contributed by atoms with Crippen molar-refractivity contribution < 1.29 is 19.1 Å². The molecule has 0 aliphatic carbocycles. The van der Waals surface area contributed by atoms with E-state index >= 15 is 0 Å². The van der Waals surface area contributed by atoms with Crippen LogP contribution in [0.4, 0.5) is 4.79 Å². The van der Waals surface area contributed by atoms with E-state index in [1.807, 2.05) is 0 Å². The highest BCUT2D eigenvalue weighted by Crippen LogP contribution is 2.28. The van der Waals surface area contributed by atoms with E-state index in [1.54, 1.807) is 25.1 Å². The van der Waals surface area contributed by atoms with Crippen LogP contribution in [0.15, 0.2) is 18.2 Å². The van der Waals surface area contributed by atoms with Gasteiger partial charge in [0.05, 0.1) is 0 Å². The van der Waals surface area contributed by atoms with E-state index in [2.05, 4.69) is 10.6 Å². The number of rotatable bonds is 5. The highest BCUT2D eigenvalue weighted by molar-refractivity contribution is 6.35. The van der Waals surface area contributed by atoms with Gasteiger partial charge in [0.15, 0.2) is 0 Å². The number of imide groups is 1. The van der Waals surface area contributed by atoms with Crippen LogP contribution in [0.2, 0.25) is 10.0 Å². The number of urea groups is 1. The molecular weight excluding hydrogens is 331 g/mol. The zero-order valence-corrected chi connectivity index (χ0v) is 13.2. The van der Waals surface area contributed by atoms with E-state index in [-0.39, 0.29) is 12.8 Å². The van der Waals surface area contributed by atoms with Crippen molar-refractivity contribution in [2.24, 2.45) is 0 Å². The summed E-state index contributed by atoms with van der Waals surface area (Å²) in [6, 6.07) is 3.67. The molecule has 0 unspecified atom stereocenters. The van der Waals surface area contributed by atoms with Gasteiger partial charge in [-0.2, -0.15) is 0 Å². The molecule has 0 spiro atoms. The highest BCUT2D eigenvalue weighted by atomic mass is 35.5. The Hall–Kier alpha value is -1.79. The first-order valence-corrected chi connectivity index (χ1v) is 7.38. The molecule has 1 aromatic rings. The Bertz CT molecular complexity index is 621. The highest BCUT2D eigenvalue weighted by Gasteiger charge is 2.29. The summed E-state index contributed by atoms with van der Waals surface area (Å²) in [7, 11) is 0. The van der Waals surface area contributed by atoms with Gasteiger partial charge in [0, 0.05) is 22.0 Å². The zero-order chi connectivity index (χ0) is 16.3. The average Bonchev–Trinajstić information content (AvgIpc) is 2.74. The number of amides is 3. The van der Waals surface area contributed by atoms with Crippen LogP contribution >= 0.6 is 23.2 Å². The molecule has 6 nitrogen and oxygen atoms in total. The molecule has 0 saturated carbocycles. The Balaban J connectivity index is 1.86. The largest absolute Gasteiger partial charge is 0.458 e. The SMILES string of the molecule is C[C@@H](OC(=O)CC[C@H]1NC(=O)NC1=O)c1ccc(Cl)cc1Cl. The summed E-state index contributed by atoms with van der Waals surface area (Å²) in [6.07, 6.45) is -0.352. The molecule has 1 heterocycles. The molecule has 118 valence electrons. The van der Waals surface area contributed by atoms with Crippen LogP contribution < -0.4 is 10.6 Å². The van der Waals surface area contributed by atoms with Crippen LogP contribution in [-0.2, 0) is 14.3 Å². The monoisotopic (exact) mass is 344 g/mol. The van der Waals surface area contributed by atoms with Gasteiger partial charge in [-0.1, -0.05) is 29.3 Å². The molecule has 0 bridgehead atoms. The molecule has 8 heteroatoms. The fraction of sp³-hybridized carbons (Fsp3) is 0.357. The minimum Gasteiger partial charge on any atom is -0.458 e. The van der Waals surface area contributed by atoms with Crippen molar-refractivity contribution >= 4 is 41.1 Å². The molecule has 2 N–H and O–H groups in total. The van der Waals surface area contributed by atoms with E-state index in [9.17, 15) is 14.4 Å². The lowest BCUT2D eigenvalue weighted by molar-refractivity contribution is -0.148. The smallest absolute Gasteiger partial charge is 0.322 e. The zero-order valence-electron chi connectivity index (χ0n) is 11.7. The molecule has 0 radical (unpaired) electrons. The maximum absolute atomic E-state index is 11.8. The number of halogens is 2. The lowest BCUT2D eigenvalue weighted by atomic mass is 10.1. The quantitative estimate of drug-likeness (QED) is 0.635. The molecule has 1 fully saturated rings. The van der Waals surface area contributed by atoms with E-state index in [0.717, 1.165) is 0 Å². The Morgan fingerprint density at radius 1 is 1.36 bits per heavy atom. The van der Waals surface area contributed by atoms with E-state index < -0.39 is 30.1 Å². The second kappa shape index (κ2) is 6.98. The third-order valence-corrected chi connectivity index (χ3v) is 3.77. The summed E-state index contributed by atoms with van der Waals surface area (Å²) in [4.78, 5) is 34.1. The predicted octanol–water partition coefficient (Wildman–Crippen LogP) is 2.59. The van der Waals surface area contributed by atoms with Crippen LogP contribution in [0.25, 0.3) is 0 Å². The molecule has 1 aromatic carbocycles. The normalized spacial score (nSPS) is 18.6. The van der Waals surface area contributed by atoms with Crippen LogP contribution in [0.3, 0.4) is 0 Å². The summed E-state index contributed by atoms with van der Waals surface area (Å²) in [5, 5.41) is 5.42. The van der Waals surface area contributed by atoms with Gasteiger partial charge in [-0.25, -0.2) is 4.79 Å². The molecule has 0 aromatic heterocycles. The third kappa shape index (κ3) is 4.11. The molecule has 2 rings (SSSR count). The van der Waals surface area contributed by atoms with Crippen molar-refractivity contribution in [3.63, 3.8) is 0 Å². The number of carbonyl (C=O) groups is 3. The van der Waals surface area contributed by atoms with E-state index in [1.165, 1.54) is 0 Å². The van der Waals surface area contributed by atoms with Gasteiger partial charge in [0.2, 0.25) is 0 Å². The van der Waals surface area contributed by atoms with Gasteiger partial charge in [0.1, 0.15) is 12.1 Å². The lowest BCUT2D eigenvalue weighted by Crippen LogP contribution is -2.29. The molecule has 22 heavy (non-hydrogen) atoms. The molecule has 1 aliphatic rings. The fourth-order valence-electron chi connectivity index (χ4n) is 2.08. The van der Waals surface area contributed by atoms with Crippen molar-refractivity contribution in [2.75, 3.05) is 0 Å². The standard InChI is InChI=1S/C14H14Cl2N2O4/c1-7(9-3-2-8(15)6-10(9)16)22-12(19)5-4-11-13(20)18-14(21)17-11/h2-3,6-7,11H,4-5H2,1H3,(H2,17,18,20,21)/t7-,11-/m1/s1. The van der Waals surface area contributed by atoms with Gasteiger partial charge in [-0.15, -0.1) is 0 Å². The first kappa shape index (κ1) is 16.6. The first-order chi connectivity index (χ1) is 10.4. The number of hydrogen-bond acceptors (Lipinski definition) is 4. The molecule has 1 saturated heterocycles. The van der Waals surface area contributed by atoms with Crippen LogP contribution in [0.1, 0.15) is 31.4 Å². The first-order valence-electron chi connectivity index (χ1n) is 6.62. The second-order valence-corrected chi connectivity index (χ2v) is 5.70. The van der Waals surface area contributed by atoms with Crippen LogP contribution in [-0.4, -0.2) is 23.9 Å². The van der Waals surface area contributed by atoms with Gasteiger partial charge in [0.25, 0.3) is 5.91 Å². The molecule has 1 aliphatic heterocycles. The Morgan fingerprint density at radius 3 is 2.68 bits per heavy atom. The van der Waals surface area contributed by atoms with Crippen LogP contribution in [0.5, 0.6) is 0 Å². The van der Waals surface area contributed by atoms with E-state index in [4.69, 9.17) is 27.9 Å². The number of benzene rings is 1. The molecule has 2 atom stereocenters. The second-order valence-electron chi connectivity index (χ2n) is 4.85. The van der Waals surface area contributed by atoms with Gasteiger partial charge < -0.3 is 10.1 Å². The number of nitrogens with one attached hydrogen (secondary N) is 2. The number of carbonyl (C=O) groups excluding carboxylic acids is 3. The summed E-state index contributed by atoms with van der Waals surface area (Å²) in [6.45, 7) is 1.69. The Morgan fingerprint density at radius 2 is 2.09 bits per heavy atom. The van der Waals surface area contributed by atoms with Gasteiger partial charge in [-0.3, -0.25) is 14.9 Å². The van der Waals surface area contributed by atoms with Gasteiger partial charge in [-0.05, 0) is 25.5 Å². The fourth-order valence-corrected chi connectivity index (χ4v) is 2.64. The third-order valence-electron chi connectivity index (χ3n) is 3.20. The summed E-state index contributed by atoms with van der Waals surface area (Å²) in [5.41, 5.74) is 0.645. The minimum atomic E-state index is -0.700. The van der Waals surface area contributed by atoms with Crippen molar-refractivity contribution in [3.05, 3.63) is 33.8 Å². The molecular formula is C14H14Cl2N2O4. The summed E-state index contributed by atoms with van der Waals surface area (Å²) < 4.78 is 5.27. The summed E-state index contributed by atoms with van der Waals surface area (Å²) >= 11 is 11.9. The summed E-state index contributed by atoms with van der Waals surface area (Å²) in [5.74, 6) is -0.918. The lowest BCUT2D eigenvalue weighted by Gasteiger charge is -2.15. The molecule has 3 amide bonds. The maximum atomic E-state index is 11.8. The minimum absolute atomic E-state index is 0.00785. The van der Waals surface area contributed by atoms with Crippen molar-refractivity contribution in [3.8, 4) is 0 Å². The van der Waals surface area contributed by atoms with Gasteiger partial charge >= 0.3 is 12.0 Å². The van der Waals surface area contributed by atoms with Crippen molar-refractivity contribution in [2.45, 2.75) is 31.9 Å².